The van der Waals surface area contributed by atoms with E-state index in [4.69, 9.17) is 0 Å². The normalized spacial score (nSPS) is 17.7. The summed E-state index contributed by atoms with van der Waals surface area (Å²) in [7, 11) is -3.56. The number of piperidine rings is 1. The molecule has 120 valence electrons. The number of hydrogen-bond acceptors (Lipinski definition) is 7. The standard InChI is InChI=1S/C13H14N6O2S2/c20-23(21,12-3-1-2-11-13(12)17-22-16-11)18-8-4-10(5-9-18)19-14-6-7-15-19/h1-3,6-7,10H,4-5,8-9H2. The Hall–Kier alpha value is -1.91. The maximum Gasteiger partial charge on any atom is 0.245 e. The molecule has 4 rings (SSSR count). The van der Waals surface area contributed by atoms with E-state index in [1.165, 1.54) is 4.31 Å². The maximum atomic E-state index is 12.9. The second-order valence-corrected chi connectivity index (χ2v) is 7.81. The highest BCUT2D eigenvalue weighted by atomic mass is 32.2. The number of aromatic nitrogens is 5. The van der Waals surface area contributed by atoms with E-state index < -0.39 is 10.0 Å². The number of hydrogen-bond donors (Lipinski definition) is 0. The van der Waals surface area contributed by atoms with Crippen molar-refractivity contribution < 1.29 is 8.42 Å². The van der Waals surface area contributed by atoms with Gasteiger partial charge in [0.1, 0.15) is 15.9 Å². The summed E-state index contributed by atoms with van der Waals surface area (Å²) in [6.45, 7) is 0.894. The third-order valence-electron chi connectivity index (χ3n) is 4.05. The molecule has 0 atom stereocenters. The van der Waals surface area contributed by atoms with Gasteiger partial charge in [0.25, 0.3) is 0 Å². The summed E-state index contributed by atoms with van der Waals surface area (Å²) in [6.07, 6.45) is 4.66. The van der Waals surface area contributed by atoms with Crippen LogP contribution in [-0.2, 0) is 10.0 Å². The SMILES string of the molecule is O=S(=O)(c1cccc2nsnc12)N1CCC(n2nccn2)CC1. The first kappa shape index (κ1) is 14.7. The Morgan fingerprint density at radius 2 is 1.83 bits per heavy atom. The molecule has 0 radical (unpaired) electrons. The van der Waals surface area contributed by atoms with Crippen molar-refractivity contribution in [1.29, 1.82) is 0 Å². The molecule has 1 saturated heterocycles. The van der Waals surface area contributed by atoms with Gasteiger partial charge in [-0.2, -0.15) is 28.0 Å². The summed E-state index contributed by atoms with van der Waals surface area (Å²) < 4.78 is 35.6. The van der Waals surface area contributed by atoms with Gasteiger partial charge in [0.2, 0.25) is 10.0 Å². The summed E-state index contributed by atoms with van der Waals surface area (Å²) in [5.74, 6) is 0. The van der Waals surface area contributed by atoms with Crippen LogP contribution in [0.15, 0.2) is 35.5 Å². The molecule has 0 amide bonds. The molecule has 3 aromatic rings. The van der Waals surface area contributed by atoms with Crippen molar-refractivity contribution >= 4 is 32.8 Å². The molecule has 1 aliphatic rings. The predicted octanol–water partition coefficient (Wildman–Crippen LogP) is 1.31. The van der Waals surface area contributed by atoms with Gasteiger partial charge in [-0.05, 0) is 25.0 Å². The first-order chi connectivity index (χ1) is 11.2. The highest BCUT2D eigenvalue weighted by molar-refractivity contribution is 7.89. The Morgan fingerprint density at radius 1 is 1.09 bits per heavy atom. The molecule has 8 nitrogen and oxygen atoms in total. The first-order valence-corrected chi connectivity index (χ1v) is 9.40. The van der Waals surface area contributed by atoms with Crippen molar-refractivity contribution in [1.82, 2.24) is 28.0 Å². The molecular weight excluding hydrogens is 336 g/mol. The van der Waals surface area contributed by atoms with Crippen LogP contribution < -0.4 is 0 Å². The Kier molecular flexibility index (Phi) is 3.58. The predicted molar refractivity (Wildman–Crippen MR) is 84.5 cm³/mol. The van der Waals surface area contributed by atoms with Crippen molar-refractivity contribution in [3.63, 3.8) is 0 Å². The molecule has 0 N–H and O–H groups in total. The fraction of sp³-hybridized carbons (Fsp3) is 0.385. The largest absolute Gasteiger partial charge is 0.245 e. The van der Waals surface area contributed by atoms with Crippen LogP contribution in [0.25, 0.3) is 11.0 Å². The minimum atomic E-state index is -3.56. The van der Waals surface area contributed by atoms with Gasteiger partial charge in [0, 0.05) is 13.1 Å². The van der Waals surface area contributed by atoms with E-state index in [2.05, 4.69) is 18.9 Å². The maximum absolute atomic E-state index is 12.9. The van der Waals surface area contributed by atoms with Gasteiger partial charge in [0.05, 0.1) is 30.2 Å². The molecular formula is C13H14N6O2S2. The molecule has 1 aromatic carbocycles. The summed E-state index contributed by atoms with van der Waals surface area (Å²) in [6, 6.07) is 5.22. The van der Waals surface area contributed by atoms with Gasteiger partial charge in [-0.3, -0.25) is 0 Å². The fourth-order valence-corrected chi connectivity index (χ4v) is 5.08. The zero-order valence-electron chi connectivity index (χ0n) is 12.1. The molecule has 1 aliphatic heterocycles. The molecule has 0 saturated carbocycles. The number of rotatable bonds is 3. The Bertz CT molecular complexity index is 913. The van der Waals surface area contributed by atoms with Crippen molar-refractivity contribution in [2.45, 2.75) is 23.8 Å². The van der Waals surface area contributed by atoms with Gasteiger partial charge in [0.15, 0.2) is 0 Å². The molecule has 23 heavy (non-hydrogen) atoms. The zero-order valence-corrected chi connectivity index (χ0v) is 13.7. The van der Waals surface area contributed by atoms with Crippen molar-refractivity contribution in [3.05, 3.63) is 30.6 Å². The summed E-state index contributed by atoms with van der Waals surface area (Å²) >= 11 is 1.03. The average molecular weight is 350 g/mol. The van der Waals surface area contributed by atoms with Gasteiger partial charge < -0.3 is 0 Å². The highest BCUT2D eigenvalue weighted by Gasteiger charge is 2.32. The molecule has 2 aromatic heterocycles. The van der Waals surface area contributed by atoms with E-state index in [1.54, 1.807) is 35.4 Å². The quantitative estimate of drug-likeness (QED) is 0.707. The third kappa shape index (κ3) is 2.52. The number of nitrogens with zero attached hydrogens (tertiary/aromatic N) is 6. The van der Waals surface area contributed by atoms with Gasteiger partial charge in [-0.15, -0.1) is 0 Å². The van der Waals surface area contributed by atoms with Crippen molar-refractivity contribution in [3.8, 4) is 0 Å². The van der Waals surface area contributed by atoms with Crippen LogP contribution >= 0.6 is 11.7 Å². The molecule has 0 spiro atoms. The second-order valence-electron chi connectivity index (χ2n) is 5.37. The smallest absolute Gasteiger partial charge is 0.207 e. The minimum absolute atomic E-state index is 0.146. The highest BCUT2D eigenvalue weighted by Crippen LogP contribution is 2.29. The lowest BCUT2D eigenvalue weighted by Crippen LogP contribution is -2.39. The molecule has 0 aliphatic carbocycles. The van der Waals surface area contributed by atoms with Crippen molar-refractivity contribution in [2.24, 2.45) is 0 Å². The van der Waals surface area contributed by atoms with E-state index in [0.717, 1.165) is 11.7 Å². The van der Waals surface area contributed by atoms with Gasteiger partial charge in [-0.25, -0.2) is 8.42 Å². The first-order valence-electron chi connectivity index (χ1n) is 7.23. The van der Waals surface area contributed by atoms with E-state index >= 15 is 0 Å². The second kappa shape index (κ2) is 5.62. The lowest BCUT2D eigenvalue weighted by molar-refractivity contribution is 0.245. The van der Waals surface area contributed by atoms with E-state index in [9.17, 15) is 8.42 Å². The van der Waals surface area contributed by atoms with Crippen LogP contribution in [-0.4, -0.2) is 49.6 Å². The van der Waals surface area contributed by atoms with Crippen LogP contribution in [0, 0.1) is 0 Å². The Morgan fingerprint density at radius 3 is 2.57 bits per heavy atom. The van der Waals surface area contributed by atoms with Crippen LogP contribution in [0.4, 0.5) is 0 Å². The van der Waals surface area contributed by atoms with E-state index in [0.29, 0.717) is 37.0 Å². The Balaban J connectivity index is 1.59. The summed E-state index contributed by atoms with van der Waals surface area (Å²) in [5.41, 5.74) is 1.07. The summed E-state index contributed by atoms with van der Waals surface area (Å²) in [5, 5.41) is 8.28. The lowest BCUT2D eigenvalue weighted by Gasteiger charge is -2.30. The fourth-order valence-electron chi connectivity index (χ4n) is 2.86. The van der Waals surface area contributed by atoms with E-state index in [-0.39, 0.29) is 10.9 Å². The third-order valence-corrected chi connectivity index (χ3v) is 6.53. The number of fused-ring (bicyclic) bond motifs is 1. The summed E-state index contributed by atoms with van der Waals surface area (Å²) in [4.78, 5) is 1.90. The van der Waals surface area contributed by atoms with Gasteiger partial charge in [-0.1, -0.05) is 6.07 Å². The van der Waals surface area contributed by atoms with Crippen LogP contribution in [0.2, 0.25) is 0 Å². The average Bonchev–Trinajstić information content (AvgIpc) is 3.26. The molecule has 0 unspecified atom stereocenters. The molecule has 10 heteroatoms. The molecule has 3 heterocycles. The molecule has 1 fully saturated rings. The lowest BCUT2D eigenvalue weighted by atomic mass is 10.1. The van der Waals surface area contributed by atoms with Crippen LogP contribution in [0.1, 0.15) is 18.9 Å². The topological polar surface area (TPSA) is 93.9 Å². The van der Waals surface area contributed by atoms with Crippen LogP contribution in [0.5, 0.6) is 0 Å². The minimum Gasteiger partial charge on any atom is -0.207 e. The zero-order chi connectivity index (χ0) is 15.9. The monoisotopic (exact) mass is 350 g/mol. The van der Waals surface area contributed by atoms with Gasteiger partial charge >= 0.3 is 0 Å². The number of sulfonamides is 1. The Labute approximate surface area is 137 Å². The van der Waals surface area contributed by atoms with Crippen molar-refractivity contribution in [2.75, 3.05) is 13.1 Å². The molecule has 0 bridgehead atoms. The number of benzene rings is 1. The van der Waals surface area contributed by atoms with E-state index in [1.807, 2.05) is 0 Å². The van der Waals surface area contributed by atoms with Crippen LogP contribution in [0.3, 0.4) is 0 Å².